The highest BCUT2D eigenvalue weighted by Crippen LogP contribution is 2.29. The molecule has 3 unspecified atom stereocenters. The summed E-state index contributed by atoms with van der Waals surface area (Å²) in [5, 5.41) is 18.8. The molecule has 0 aromatic heterocycles. The summed E-state index contributed by atoms with van der Waals surface area (Å²) in [6, 6.07) is 2.86. The zero-order valence-corrected chi connectivity index (χ0v) is 9.23. The topological polar surface area (TPSA) is 47.3 Å². The molecule has 3 atom stereocenters. The standard InChI is InChI=1S/C12H20N2O/c13-8-10-4-1-2-6-12(10)14-7-3-5-11(15)9-14/h10-12,15H,1-7,9H2. The fourth-order valence-corrected chi connectivity index (χ4v) is 2.98. The fourth-order valence-electron chi connectivity index (χ4n) is 2.98. The minimum atomic E-state index is -0.167. The monoisotopic (exact) mass is 208 g/mol. The fraction of sp³-hybridized carbons (Fsp3) is 0.917. The Morgan fingerprint density at radius 1 is 1.13 bits per heavy atom. The number of piperidine rings is 1. The Bertz CT molecular complexity index is 248. The van der Waals surface area contributed by atoms with Crippen LogP contribution in [0, 0.1) is 17.2 Å². The van der Waals surface area contributed by atoms with E-state index in [1.165, 1.54) is 12.8 Å². The second-order valence-electron chi connectivity index (χ2n) is 4.88. The van der Waals surface area contributed by atoms with Crippen LogP contribution in [0.5, 0.6) is 0 Å². The van der Waals surface area contributed by atoms with Crippen LogP contribution in [0.2, 0.25) is 0 Å². The Hall–Kier alpha value is -0.590. The van der Waals surface area contributed by atoms with Gasteiger partial charge in [-0.25, -0.2) is 0 Å². The van der Waals surface area contributed by atoms with Crippen LogP contribution in [0.4, 0.5) is 0 Å². The molecule has 2 aliphatic rings. The predicted octanol–water partition coefficient (Wildman–Crippen LogP) is 1.53. The molecule has 0 aromatic carbocycles. The average molecular weight is 208 g/mol. The summed E-state index contributed by atoms with van der Waals surface area (Å²) in [6.45, 7) is 1.85. The van der Waals surface area contributed by atoms with E-state index in [0.29, 0.717) is 6.04 Å². The Morgan fingerprint density at radius 3 is 2.67 bits per heavy atom. The molecule has 2 rings (SSSR count). The molecule has 3 nitrogen and oxygen atoms in total. The molecule has 3 heteroatoms. The maximum Gasteiger partial charge on any atom is 0.0672 e. The SMILES string of the molecule is N#CC1CCCCC1N1CCCC(O)C1. The van der Waals surface area contributed by atoms with Crippen LogP contribution in [0.25, 0.3) is 0 Å². The molecule has 0 radical (unpaired) electrons. The zero-order valence-electron chi connectivity index (χ0n) is 9.23. The summed E-state index contributed by atoms with van der Waals surface area (Å²) in [5.74, 6) is 0.198. The number of nitrogens with zero attached hydrogens (tertiary/aromatic N) is 2. The van der Waals surface area contributed by atoms with E-state index in [4.69, 9.17) is 5.26 Å². The number of likely N-dealkylation sites (tertiary alicyclic amines) is 1. The predicted molar refractivity (Wildman–Crippen MR) is 58.2 cm³/mol. The molecule has 1 N–H and O–H groups in total. The van der Waals surface area contributed by atoms with Crippen molar-refractivity contribution in [3.8, 4) is 6.07 Å². The van der Waals surface area contributed by atoms with E-state index < -0.39 is 0 Å². The van der Waals surface area contributed by atoms with Crippen molar-refractivity contribution in [2.45, 2.75) is 50.7 Å². The van der Waals surface area contributed by atoms with Gasteiger partial charge in [-0.15, -0.1) is 0 Å². The maximum atomic E-state index is 9.64. The lowest BCUT2D eigenvalue weighted by Gasteiger charge is -2.40. The summed E-state index contributed by atoms with van der Waals surface area (Å²) in [4.78, 5) is 2.35. The summed E-state index contributed by atoms with van der Waals surface area (Å²) in [6.07, 6.45) is 6.48. The zero-order chi connectivity index (χ0) is 10.7. The van der Waals surface area contributed by atoms with Crippen molar-refractivity contribution >= 4 is 0 Å². The first-order chi connectivity index (χ1) is 7.31. The first-order valence-electron chi connectivity index (χ1n) is 6.13. The second-order valence-corrected chi connectivity index (χ2v) is 4.88. The number of nitriles is 1. The van der Waals surface area contributed by atoms with Crippen molar-refractivity contribution in [1.29, 1.82) is 5.26 Å². The molecule has 0 spiro atoms. The lowest BCUT2D eigenvalue weighted by molar-refractivity contribution is 0.0256. The van der Waals surface area contributed by atoms with E-state index in [0.717, 1.165) is 38.8 Å². The number of β-amino-alcohol motifs (C(OH)–C–C–N with tert-alkyl or cyclic N) is 1. The van der Waals surface area contributed by atoms with E-state index in [1.807, 2.05) is 0 Å². The van der Waals surface area contributed by atoms with Gasteiger partial charge >= 0.3 is 0 Å². The van der Waals surface area contributed by atoms with Gasteiger partial charge in [0.05, 0.1) is 18.1 Å². The van der Waals surface area contributed by atoms with Gasteiger partial charge in [0.25, 0.3) is 0 Å². The summed E-state index contributed by atoms with van der Waals surface area (Å²) < 4.78 is 0. The number of hydrogen-bond acceptors (Lipinski definition) is 3. The molecule has 2 fully saturated rings. The van der Waals surface area contributed by atoms with Crippen LogP contribution in [0.15, 0.2) is 0 Å². The molecule has 1 aliphatic heterocycles. The molecular weight excluding hydrogens is 188 g/mol. The third-order valence-corrected chi connectivity index (χ3v) is 3.79. The van der Waals surface area contributed by atoms with E-state index in [2.05, 4.69) is 11.0 Å². The maximum absolute atomic E-state index is 9.64. The molecule has 0 bridgehead atoms. The lowest BCUT2D eigenvalue weighted by atomic mass is 9.83. The molecule has 84 valence electrons. The molecule has 1 saturated carbocycles. The molecule has 1 aliphatic carbocycles. The van der Waals surface area contributed by atoms with Gasteiger partial charge in [-0.2, -0.15) is 5.26 Å². The van der Waals surface area contributed by atoms with E-state index >= 15 is 0 Å². The van der Waals surface area contributed by atoms with E-state index in [9.17, 15) is 5.11 Å². The van der Waals surface area contributed by atoms with Crippen molar-refractivity contribution < 1.29 is 5.11 Å². The molecule has 0 amide bonds. The largest absolute Gasteiger partial charge is 0.392 e. The van der Waals surface area contributed by atoms with Crippen LogP contribution >= 0.6 is 0 Å². The van der Waals surface area contributed by atoms with Crippen molar-refractivity contribution in [3.05, 3.63) is 0 Å². The van der Waals surface area contributed by atoms with Crippen molar-refractivity contribution in [2.75, 3.05) is 13.1 Å². The summed E-state index contributed by atoms with van der Waals surface area (Å²) in [7, 11) is 0. The number of aliphatic hydroxyl groups is 1. The quantitative estimate of drug-likeness (QED) is 0.711. The average Bonchev–Trinajstić information content (AvgIpc) is 2.29. The van der Waals surface area contributed by atoms with Gasteiger partial charge in [0.2, 0.25) is 0 Å². The first-order valence-corrected chi connectivity index (χ1v) is 6.13. The highest BCUT2D eigenvalue weighted by Gasteiger charge is 2.32. The minimum Gasteiger partial charge on any atom is -0.392 e. The Balaban J connectivity index is 1.98. The number of hydrogen-bond donors (Lipinski definition) is 1. The molecular formula is C12H20N2O. The third kappa shape index (κ3) is 2.50. The van der Waals surface area contributed by atoms with E-state index in [-0.39, 0.29) is 12.0 Å². The van der Waals surface area contributed by atoms with E-state index in [1.54, 1.807) is 0 Å². The molecule has 15 heavy (non-hydrogen) atoms. The summed E-state index contributed by atoms with van der Waals surface area (Å²) >= 11 is 0. The van der Waals surface area contributed by atoms with Gasteiger partial charge in [0.1, 0.15) is 0 Å². The first kappa shape index (κ1) is 10.9. The van der Waals surface area contributed by atoms with Gasteiger partial charge in [-0.05, 0) is 32.2 Å². The van der Waals surface area contributed by atoms with Crippen LogP contribution in [0.1, 0.15) is 38.5 Å². The smallest absolute Gasteiger partial charge is 0.0672 e. The van der Waals surface area contributed by atoms with Crippen LogP contribution in [-0.4, -0.2) is 35.2 Å². The molecule has 1 heterocycles. The highest BCUT2D eigenvalue weighted by atomic mass is 16.3. The highest BCUT2D eigenvalue weighted by molar-refractivity contribution is 4.96. The van der Waals surface area contributed by atoms with Gasteiger partial charge in [0, 0.05) is 12.6 Å². The second kappa shape index (κ2) is 4.96. The Labute approximate surface area is 91.7 Å². The normalized spacial score (nSPS) is 38.5. The number of aliphatic hydroxyl groups excluding tert-OH is 1. The van der Waals surface area contributed by atoms with Gasteiger partial charge in [-0.3, -0.25) is 4.90 Å². The third-order valence-electron chi connectivity index (χ3n) is 3.79. The van der Waals surface area contributed by atoms with Gasteiger partial charge < -0.3 is 5.11 Å². The molecule has 1 saturated heterocycles. The lowest BCUT2D eigenvalue weighted by Crippen LogP contribution is -2.48. The van der Waals surface area contributed by atoms with Gasteiger partial charge in [0.15, 0.2) is 0 Å². The Kier molecular flexibility index (Phi) is 3.61. The Morgan fingerprint density at radius 2 is 1.93 bits per heavy atom. The minimum absolute atomic E-state index is 0.167. The number of rotatable bonds is 1. The van der Waals surface area contributed by atoms with Crippen molar-refractivity contribution in [2.24, 2.45) is 5.92 Å². The van der Waals surface area contributed by atoms with Crippen LogP contribution in [0.3, 0.4) is 0 Å². The molecule has 0 aromatic rings. The van der Waals surface area contributed by atoms with Gasteiger partial charge in [-0.1, -0.05) is 12.8 Å². The van der Waals surface area contributed by atoms with Crippen LogP contribution in [-0.2, 0) is 0 Å². The van der Waals surface area contributed by atoms with Crippen LogP contribution < -0.4 is 0 Å². The van der Waals surface area contributed by atoms with Crippen molar-refractivity contribution in [1.82, 2.24) is 4.90 Å². The van der Waals surface area contributed by atoms with Crippen molar-refractivity contribution in [3.63, 3.8) is 0 Å². The summed E-state index contributed by atoms with van der Waals surface area (Å²) in [5.41, 5.74) is 0.